The summed E-state index contributed by atoms with van der Waals surface area (Å²) in [6.45, 7) is 4.04. The average molecular weight is 286 g/mol. The second kappa shape index (κ2) is 6.62. The van der Waals surface area contributed by atoms with Crippen molar-refractivity contribution in [1.82, 2.24) is 0 Å². The molecule has 0 aliphatic carbocycles. The van der Waals surface area contributed by atoms with E-state index in [0.29, 0.717) is 6.42 Å². The fourth-order valence-corrected chi connectivity index (χ4v) is 2.98. The Kier molecular flexibility index (Phi) is 4.85. The van der Waals surface area contributed by atoms with Crippen molar-refractivity contribution in [2.24, 2.45) is 0 Å². The van der Waals surface area contributed by atoms with Crippen LogP contribution in [0.3, 0.4) is 0 Å². The molecular weight excluding hydrogens is 268 g/mol. The fraction of sp³-hybridized carbons (Fsp3) is 0.235. The fourth-order valence-electron chi connectivity index (χ4n) is 2.00. The minimum Gasteiger partial charge on any atom is -0.480 e. The van der Waals surface area contributed by atoms with Crippen LogP contribution in [0.25, 0.3) is 0 Å². The van der Waals surface area contributed by atoms with E-state index in [9.17, 15) is 9.90 Å². The maximum atomic E-state index is 11.5. The highest BCUT2D eigenvalue weighted by Gasteiger charge is 2.20. The lowest BCUT2D eigenvalue weighted by Crippen LogP contribution is -2.19. The Morgan fingerprint density at radius 2 is 1.75 bits per heavy atom. The second-order valence-corrected chi connectivity index (χ2v) is 6.16. The van der Waals surface area contributed by atoms with Crippen LogP contribution in [0.5, 0.6) is 0 Å². The Labute approximate surface area is 123 Å². The highest BCUT2D eigenvalue weighted by Crippen LogP contribution is 2.27. The maximum Gasteiger partial charge on any atom is 0.317 e. The number of hydrogen-bond donors (Lipinski definition) is 1. The number of rotatable bonds is 5. The molecule has 20 heavy (non-hydrogen) atoms. The van der Waals surface area contributed by atoms with Gasteiger partial charge in [-0.2, -0.15) is 0 Å². The molecule has 104 valence electrons. The number of aryl methyl sites for hydroxylation is 2. The van der Waals surface area contributed by atoms with Gasteiger partial charge in [-0.05, 0) is 43.5 Å². The number of carboxylic acid groups (broad SMARTS) is 1. The van der Waals surface area contributed by atoms with Crippen molar-refractivity contribution in [3.05, 3.63) is 65.2 Å². The van der Waals surface area contributed by atoms with Gasteiger partial charge >= 0.3 is 5.97 Å². The van der Waals surface area contributed by atoms with Crippen LogP contribution in [0.15, 0.2) is 53.4 Å². The van der Waals surface area contributed by atoms with Crippen molar-refractivity contribution < 1.29 is 9.90 Å². The molecule has 0 radical (unpaired) electrons. The van der Waals surface area contributed by atoms with E-state index in [2.05, 4.69) is 0 Å². The van der Waals surface area contributed by atoms with Gasteiger partial charge in [0.1, 0.15) is 5.25 Å². The number of carboxylic acids is 1. The summed E-state index contributed by atoms with van der Waals surface area (Å²) in [4.78, 5) is 12.5. The van der Waals surface area contributed by atoms with Gasteiger partial charge in [0.15, 0.2) is 0 Å². The molecule has 0 aliphatic heterocycles. The average Bonchev–Trinajstić information content (AvgIpc) is 2.42. The van der Waals surface area contributed by atoms with Gasteiger partial charge in [-0.25, -0.2) is 0 Å². The van der Waals surface area contributed by atoms with Crippen LogP contribution in [0.1, 0.15) is 16.7 Å². The summed E-state index contributed by atoms with van der Waals surface area (Å²) in [5.74, 6) is -0.765. The zero-order chi connectivity index (χ0) is 14.5. The van der Waals surface area contributed by atoms with Gasteiger partial charge < -0.3 is 5.11 Å². The predicted molar refractivity (Wildman–Crippen MR) is 83.3 cm³/mol. The highest BCUT2D eigenvalue weighted by molar-refractivity contribution is 8.00. The molecule has 0 saturated carbocycles. The van der Waals surface area contributed by atoms with Gasteiger partial charge in [0.25, 0.3) is 0 Å². The Bertz CT molecular complexity index is 590. The standard InChI is InChI=1S/C17H18O2S/c1-12-7-9-15(10-8-12)20-16(17(18)19)11-14-6-4-3-5-13(14)2/h3-10,16H,11H2,1-2H3,(H,18,19). The quantitative estimate of drug-likeness (QED) is 0.841. The molecule has 0 aromatic heterocycles. The van der Waals surface area contributed by atoms with E-state index in [0.717, 1.165) is 16.0 Å². The number of aliphatic carboxylic acids is 1. The largest absolute Gasteiger partial charge is 0.480 e. The third-order valence-corrected chi connectivity index (χ3v) is 4.44. The summed E-state index contributed by atoms with van der Waals surface area (Å²) < 4.78 is 0. The van der Waals surface area contributed by atoms with Crippen molar-refractivity contribution in [2.75, 3.05) is 0 Å². The number of hydrogen-bond acceptors (Lipinski definition) is 2. The maximum absolute atomic E-state index is 11.5. The smallest absolute Gasteiger partial charge is 0.317 e. The Morgan fingerprint density at radius 3 is 2.35 bits per heavy atom. The third kappa shape index (κ3) is 3.87. The van der Waals surface area contributed by atoms with Crippen LogP contribution in [0.2, 0.25) is 0 Å². The molecule has 2 nitrogen and oxygen atoms in total. The molecule has 0 bridgehead atoms. The predicted octanol–water partition coefficient (Wildman–Crippen LogP) is 4.09. The molecular formula is C17H18O2S. The molecule has 0 aliphatic rings. The van der Waals surface area contributed by atoms with Crippen LogP contribution >= 0.6 is 11.8 Å². The lowest BCUT2D eigenvalue weighted by Gasteiger charge is -2.14. The first kappa shape index (κ1) is 14.7. The van der Waals surface area contributed by atoms with Gasteiger partial charge in [-0.1, -0.05) is 42.0 Å². The Morgan fingerprint density at radius 1 is 1.10 bits per heavy atom. The van der Waals surface area contributed by atoms with E-state index in [1.807, 2.05) is 62.4 Å². The van der Waals surface area contributed by atoms with Crippen LogP contribution in [-0.2, 0) is 11.2 Å². The van der Waals surface area contributed by atoms with Crippen molar-refractivity contribution in [3.63, 3.8) is 0 Å². The topological polar surface area (TPSA) is 37.3 Å². The van der Waals surface area contributed by atoms with E-state index in [4.69, 9.17) is 0 Å². The van der Waals surface area contributed by atoms with Gasteiger partial charge in [-0.3, -0.25) is 4.79 Å². The molecule has 1 unspecified atom stereocenters. The Balaban J connectivity index is 2.14. The number of thioether (sulfide) groups is 1. The van der Waals surface area contributed by atoms with Crippen molar-refractivity contribution >= 4 is 17.7 Å². The van der Waals surface area contributed by atoms with Crippen molar-refractivity contribution in [1.29, 1.82) is 0 Å². The van der Waals surface area contributed by atoms with E-state index >= 15 is 0 Å². The van der Waals surface area contributed by atoms with Crippen LogP contribution in [-0.4, -0.2) is 16.3 Å². The lowest BCUT2D eigenvalue weighted by molar-refractivity contribution is -0.136. The minimum atomic E-state index is -0.765. The summed E-state index contributed by atoms with van der Waals surface area (Å²) in [6.07, 6.45) is 0.542. The molecule has 2 aromatic rings. The molecule has 0 saturated heterocycles. The molecule has 0 spiro atoms. The first-order chi connectivity index (χ1) is 9.56. The zero-order valence-corrected chi connectivity index (χ0v) is 12.5. The van der Waals surface area contributed by atoms with Gasteiger partial charge in [-0.15, -0.1) is 11.8 Å². The van der Waals surface area contributed by atoms with Gasteiger partial charge in [0.05, 0.1) is 0 Å². The van der Waals surface area contributed by atoms with Gasteiger partial charge in [0, 0.05) is 4.90 Å². The molecule has 1 atom stereocenters. The zero-order valence-electron chi connectivity index (χ0n) is 11.7. The summed E-state index contributed by atoms with van der Waals surface area (Å²) in [5.41, 5.74) is 3.42. The number of carbonyl (C=O) groups is 1. The third-order valence-electron chi connectivity index (χ3n) is 3.24. The van der Waals surface area contributed by atoms with Crippen molar-refractivity contribution in [3.8, 4) is 0 Å². The minimum absolute atomic E-state index is 0.459. The van der Waals surface area contributed by atoms with E-state index in [-0.39, 0.29) is 0 Å². The van der Waals surface area contributed by atoms with E-state index in [1.54, 1.807) is 0 Å². The molecule has 1 N–H and O–H groups in total. The number of benzene rings is 2. The van der Waals surface area contributed by atoms with E-state index in [1.165, 1.54) is 17.3 Å². The van der Waals surface area contributed by atoms with Crippen LogP contribution < -0.4 is 0 Å². The second-order valence-electron chi connectivity index (χ2n) is 4.89. The lowest BCUT2D eigenvalue weighted by atomic mass is 10.0. The molecule has 0 fully saturated rings. The summed E-state index contributed by atoms with van der Waals surface area (Å²) in [5, 5.41) is 8.96. The van der Waals surface area contributed by atoms with Crippen LogP contribution in [0.4, 0.5) is 0 Å². The molecule has 2 aromatic carbocycles. The molecule has 0 heterocycles. The summed E-state index contributed by atoms with van der Waals surface area (Å²) in [6, 6.07) is 15.9. The SMILES string of the molecule is Cc1ccc(SC(Cc2ccccc2C)C(=O)O)cc1. The van der Waals surface area contributed by atoms with E-state index < -0.39 is 11.2 Å². The normalized spacial score (nSPS) is 12.1. The molecule has 0 amide bonds. The van der Waals surface area contributed by atoms with Gasteiger partial charge in [0.2, 0.25) is 0 Å². The summed E-state index contributed by atoms with van der Waals surface area (Å²) >= 11 is 1.41. The molecule has 2 rings (SSSR count). The highest BCUT2D eigenvalue weighted by atomic mass is 32.2. The first-order valence-corrected chi connectivity index (χ1v) is 7.45. The van der Waals surface area contributed by atoms with Crippen LogP contribution in [0, 0.1) is 13.8 Å². The molecule has 3 heteroatoms. The monoisotopic (exact) mass is 286 g/mol. The summed E-state index contributed by atoms with van der Waals surface area (Å²) in [7, 11) is 0. The van der Waals surface area contributed by atoms with Crippen molar-refractivity contribution in [2.45, 2.75) is 30.4 Å². The first-order valence-electron chi connectivity index (χ1n) is 6.57. The Hall–Kier alpha value is -1.74.